The molecule has 1 unspecified atom stereocenters. The van der Waals surface area contributed by atoms with E-state index in [0.717, 1.165) is 70.7 Å². The molecule has 10 heteroatoms. The Morgan fingerprint density at radius 1 is 1.10 bits per heavy atom. The van der Waals surface area contributed by atoms with E-state index in [1.807, 2.05) is 23.7 Å². The highest BCUT2D eigenvalue weighted by Crippen LogP contribution is 2.34. The van der Waals surface area contributed by atoms with Crippen molar-refractivity contribution in [1.82, 2.24) is 30.0 Å². The Balaban J connectivity index is 1.07. The zero-order valence-electron chi connectivity index (χ0n) is 21.7. The van der Waals surface area contributed by atoms with Crippen molar-refractivity contribution in [1.29, 1.82) is 0 Å². The lowest BCUT2D eigenvalue weighted by Crippen LogP contribution is -2.46. The van der Waals surface area contributed by atoms with E-state index >= 15 is 0 Å². The summed E-state index contributed by atoms with van der Waals surface area (Å²) in [6, 6.07) is 12.3. The van der Waals surface area contributed by atoms with Gasteiger partial charge in [0.15, 0.2) is 0 Å². The van der Waals surface area contributed by atoms with Crippen LogP contribution in [-0.2, 0) is 11.3 Å². The number of nitrogens with zero attached hydrogens (tertiary/aromatic N) is 4. The molecule has 5 heterocycles. The number of amides is 1. The molecule has 1 atom stereocenters. The summed E-state index contributed by atoms with van der Waals surface area (Å²) < 4.78 is 6.03. The van der Waals surface area contributed by atoms with Gasteiger partial charge in [0, 0.05) is 47.5 Å². The van der Waals surface area contributed by atoms with Crippen LogP contribution in [-0.4, -0.2) is 81.3 Å². The van der Waals surface area contributed by atoms with Crippen molar-refractivity contribution in [2.24, 2.45) is 0 Å². The van der Waals surface area contributed by atoms with Gasteiger partial charge in [0.25, 0.3) is 5.91 Å². The molecule has 2 aliphatic rings. The van der Waals surface area contributed by atoms with Crippen LogP contribution < -0.4 is 5.32 Å². The first-order valence-corrected chi connectivity index (χ1v) is 14.4. The van der Waals surface area contributed by atoms with Gasteiger partial charge in [0.05, 0.1) is 36.7 Å². The number of carbonyl (C=O) groups excluding carboxylic acids is 1. The molecule has 2 fully saturated rings. The first-order valence-electron chi connectivity index (χ1n) is 13.6. The monoisotopic (exact) mass is 541 g/mol. The Kier molecular flexibility index (Phi) is 6.61. The van der Waals surface area contributed by atoms with Crippen LogP contribution in [0.3, 0.4) is 0 Å². The minimum absolute atomic E-state index is 0.217. The van der Waals surface area contributed by atoms with E-state index < -0.39 is 0 Å². The van der Waals surface area contributed by atoms with Gasteiger partial charge >= 0.3 is 0 Å². The number of morpholine rings is 1. The maximum atomic E-state index is 13.3. The number of likely N-dealkylation sites (tertiary alicyclic amines) is 1. The second-order valence-electron chi connectivity index (χ2n) is 10.4. The van der Waals surface area contributed by atoms with Crippen LogP contribution >= 0.6 is 11.3 Å². The van der Waals surface area contributed by atoms with E-state index in [1.54, 1.807) is 6.20 Å². The molecule has 1 amide bonds. The van der Waals surface area contributed by atoms with Crippen LogP contribution in [0.1, 0.15) is 28.3 Å². The number of nitrogens with one attached hydrogen (secondary N) is 3. The molecule has 7 rings (SSSR count). The lowest BCUT2D eigenvalue weighted by Gasteiger charge is -2.34. The average molecular weight is 542 g/mol. The van der Waals surface area contributed by atoms with Crippen LogP contribution in [0.5, 0.6) is 0 Å². The number of hydrogen-bond donors (Lipinski definition) is 3. The predicted molar refractivity (Wildman–Crippen MR) is 154 cm³/mol. The second kappa shape index (κ2) is 10.5. The molecule has 0 saturated carbocycles. The molecular weight excluding hydrogens is 510 g/mol. The summed E-state index contributed by atoms with van der Waals surface area (Å²) in [6.07, 6.45) is 6.51. The number of hydrogen-bond acceptors (Lipinski definition) is 7. The first kappa shape index (κ1) is 24.5. The van der Waals surface area contributed by atoms with Crippen LogP contribution in [0, 0.1) is 0 Å². The van der Waals surface area contributed by atoms with E-state index in [9.17, 15) is 4.79 Å². The quantitative estimate of drug-likeness (QED) is 0.276. The molecule has 3 N–H and O–H groups in total. The van der Waals surface area contributed by atoms with Gasteiger partial charge < -0.3 is 19.9 Å². The van der Waals surface area contributed by atoms with Crippen molar-refractivity contribution >= 4 is 44.7 Å². The zero-order valence-corrected chi connectivity index (χ0v) is 22.5. The molecule has 2 aromatic carbocycles. The van der Waals surface area contributed by atoms with Crippen molar-refractivity contribution in [3.8, 4) is 11.1 Å². The van der Waals surface area contributed by atoms with Gasteiger partial charge in [-0.15, -0.1) is 11.3 Å². The lowest BCUT2D eigenvalue weighted by atomic mass is 9.99. The Morgan fingerprint density at radius 3 is 2.95 bits per heavy atom. The number of carbonyl (C=O) groups is 1. The number of ether oxygens (including phenoxy) is 1. The zero-order chi connectivity index (χ0) is 26.2. The number of aromatic nitrogens is 4. The normalized spacial score (nSPS) is 18.8. The van der Waals surface area contributed by atoms with Gasteiger partial charge in [-0.2, -0.15) is 5.10 Å². The number of aromatic amines is 2. The molecule has 0 spiro atoms. The summed E-state index contributed by atoms with van der Waals surface area (Å²) in [5.41, 5.74) is 5.17. The van der Waals surface area contributed by atoms with Crippen molar-refractivity contribution in [3.05, 3.63) is 64.9 Å². The third-order valence-electron chi connectivity index (χ3n) is 7.74. The lowest BCUT2D eigenvalue weighted by molar-refractivity contribution is -0.0434. The fourth-order valence-corrected chi connectivity index (χ4v) is 6.62. The van der Waals surface area contributed by atoms with Crippen molar-refractivity contribution in [3.63, 3.8) is 0 Å². The fourth-order valence-electron chi connectivity index (χ4n) is 5.80. The molecule has 0 bridgehead atoms. The number of anilines is 1. The van der Waals surface area contributed by atoms with Crippen LogP contribution in [0.15, 0.2) is 54.2 Å². The minimum atomic E-state index is -0.217. The standard InChI is InChI=1S/C29H31N7O2S/c37-29(27-18-39-28(32-27)17-36-10-11-38-20(16-36)15-35-8-1-2-9-35)33-25-12-19(13-26-23(25)14-31-34-26)21-4-3-5-24-22(21)6-7-30-24/h3-7,12-14,18,20,30H,1-2,8-11,15-17H2,(H,31,34)(H,33,37). The summed E-state index contributed by atoms with van der Waals surface area (Å²) in [4.78, 5) is 26.2. The van der Waals surface area contributed by atoms with Crippen LogP contribution in [0.25, 0.3) is 32.9 Å². The molecule has 200 valence electrons. The highest BCUT2D eigenvalue weighted by atomic mass is 32.1. The van der Waals surface area contributed by atoms with E-state index in [4.69, 9.17) is 9.72 Å². The van der Waals surface area contributed by atoms with E-state index in [0.29, 0.717) is 11.4 Å². The molecule has 2 aliphatic heterocycles. The largest absolute Gasteiger partial charge is 0.374 e. The SMILES string of the molecule is O=C(Nc1cc(-c2cccc3[nH]ccc23)cc2[nH]ncc12)c1csc(CN2CCOC(CN3CCCC3)C2)n1. The number of H-pyrrole nitrogens is 2. The minimum Gasteiger partial charge on any atom is -0.374 e. The van der Waals surface area contributed by atoms with Gasteiger partial charge in [0.2, 0.25) is 0 Å². The van der Waals surface area contributed by atoms with Gasteiger partial charge in [0.1, 0.15) is 10.7 Å². The molecular formula is C29H31N7O2S. The Morgan fingerprint density at radius 2 is 2.03 bits per heavy atom. The number of rotatable bonds is 7. The maximum Gasteiger partial charge on any atom is 0.275 e. The van der Waals surface area contributed by atoms with Gasteiger partial charge in [-0.25, -0.2) is 4.98 Å². The van der Waals surface area contributed by atoms with Crippen LogP contribution in [0.2, 0.25) is 0 Å². The second-order valence-corrected chi connectivity index (χ2v) is 11.4. The average Bonchev–Trinajstić information content (AvgIpc) is 3.76. The van der Waals surface area contributed by atoms with Gasteiger partial charge in [-0.1, -0.05) is 12.1 Å². The third-order valence-corrected chi connectivity index (χ3v) is 8.57. The van der Waals surface area contributed by atoms with E-state index in [2.05, 4.69) is 54.6 Å². The molecule has 0 aliphatic carbocycles. The number of thiazole rings is 1. The highest BCUT2D eigenvalue weighted by Gasteiger charge is 2.25. The molecule has 5 aromatic rings. The van der Waals surface area contributed by atoms with E-state index in [-0.39, 0.29) is 12.0 Å². The molecule has 39 heavy (non-hydrogen) atoms. The summed E-state index contributed by atoms with van der Waals surface area (Å²) in [5.74, 6) is -0.217. The summed E-state index contributed by atoms with van der Waals surface area (Å²) >= 11 is 1.54. The molecule has 0 radical (unpaired) electrons. The fraction of sp³-hybridized carbons (Fsp3) is 0.345. The first-order chi connectivity index (χ1) is 19.2. The van der Waals surface area contributed by atoms with Crippen molar-refractivity contribution in [2.75, 3.05) is 44.6 Å². The van der Waals surface area contributed by atoms with Crippen molar-refractivity contribution < 1.29 is 9.53 Å². The van der Waals surface area contributed by atoms with Crippen molar-refractivity contribution in [2.45, 2.75) is 25.5 Å². The smallest absolute Gasteiger partial charge is 0.275 e. The summed E-state index contributed by atoms with van der Waals surface area (Å²) in [5, 5.41) is 15.2. The maximum absolute atomic E-state index is 13.3. The predicted octanol–water partition coefficient (Wildman–Crippen LogP) is 4.72. The highest BCUT2D eigenvalue weighted by molar-refractivity contribution is 7.09. The molecule has 3 aromatic heterocycles. The van der Waals surface area contributed by atoms with Gasteiger partial charge in [-0.3, -0.25) is 14.8 Å². The number of benzene rings is 2. The Hall–Kier alpha value is -3.57. The Bertz CT molecular complexity index is 1620. The summed E-state index contributed by atoms with van der Waals surface area (Å²) in [6.45, 7) is 6.63. The molecule has 2 saturated heterocycles. The number of fused-ring (bicyclic) bond motifs is 2. The summed E-state index contributed by atoms with van der Waals surface area (Å²) in [7, 11) is 0. The molecule has 9 nitrogen and oxygen atoms in total. The Labute approximate surface area is 230 Å². The topological polar surface area (TPSA) is 102 Å². The van der Waals surface area contributed by atoms with Crippen LogP contribution in [0.4, 0.5) is 5.69 Å². The van der Waals surface area contributed by atoms with Gasteiger partial charge in [-0.05, 0) is 61.3 Å². The third kappa shape index (κ3) is 5.08. The van der Waals surface area contributed by atoms with E-state index in [1.165, 1.54) is 37.3 Å².